The minimum atomic E-state index is -0.764. The largest absolute Gasteiger partial charge is 0.481 e. The molecule has 0 atom stereocenters. The molecule has 3 rings (SSSR count). The van der Waals surface area contributed by atoms with Crippen LogP contribution in [-0.2, 0) is 4.79 Å². The molecular weight excluding hydrogens is 388 g/mol. The van der Waals surface area contributed by atoms with Crippen LogP contribution in [0.4, 0.5) is 5.69 Å². The fourth-order valence-corrected chi connectivity index (χ4v) is 3.28. The average Bonchev–Trinajstić information content (AvgIpc) is 2.79. The number of hydrogen-bond acceptors (Lipinski definition) is 4. The smallest absolute Gasteiger partial charge is 0.309 e. The Morgan fingerprint density at radius 2 is 1.68 bits per heavy atom. The van der Waals surface area contributed by atoms with Crippen LogP contribution in [0.15, 0.2) is 66.7 Å². The first-order chi connectivity index (χ1) is 14.9. The first kappa shape index (κ1) is 22.3. The van der Waals surface area contributed by atoms with Crippen molar-refractivity contribution in [3.8, 4) is 28.3 Å². The van der Waals surface area contributed by atoms with Crippen molar-refractivity contribution >= 4 is 11.7 Å². The quantitative estimate of drug-likeness (QED) is 0.388. The van der Waals surface area contributed by atoms with Crippen molar-refractivity contribution in [2.45, 2.75) is 33.1 Å². The van der Waals surface area contributed by atoms with E-state index in [-0.39, 0.29) is 0 Å². The van der Waals surface area contributed by atoms with Crippen LogP contribution in [0.3, 0.4) is 0 Å². The van der Waals surface area contributed by atoms with E-state index in [1.165, 1.54) is 0 Å². The standard InChI is InChI=1S/C26H30N2O3/c1-26(2,25(29)30)15-7-8-16-31-24-18-21(19-11-13-22(27-3)14-12-19)17-23(28-24)20-9-5-4-6-10-20/h4-6,9-14,17-18,27H,7-8,15-16H2,1-3H3,(H,29,30). The van der Waals surface area contributed by atoms with E-state index in [9.17, 15) is 9.90 Å². The van der Waals surface area contributed by atoms with E-state index in [4.69, 9.17) is 9.72 Å². The lowest BCUT2D eigenvalue weighted by Gasteiger charge is -2.18. The lowest BCUT2D eigenvalue weighted by Crippen LogP contribution is -2.23. The summed E-state index contributed by atoms with van der Waals surface area (Å²) in [6.45, 7) is 4.01. The number of anilines is 1. The van der Waals surface area contributed by atoms with E-state index in [1.807, 2.05) is 55.6 Å². The molecule has 0 saturated carbocycles. The molecule has 0 aliphatic heterocycles. The van der Waals surface area contributed by atoms with Gasteiger partial charge in [0.25, 0.3) is 0 Å². The molecule has 0 aliphatic rings. The maximum atomic E-state index is 11.2. The first-order valence-electron chi connectivity index (χ1n) is 10.6. The molecule has 0 spiro atoms. The summed E-state index contributed by atoms with van der Waals surface area (Å²) in [6, 6.07) is 22.3. The molecule has 0 amide bonds. The fourth-order valence-electron chi connectivity index (χ4n) is 3.28. The molecule has 0 unspecified atom stereocenters. The van der Waals surface area contributed by atoms with Crippen molar-refractivity contribution in [1.82, 2.24) is 4.98 Å². The van der Waals surface area contributed by atoms with E-state index in [0.717, 1.165) is 40.9 Å². The molecule has 5 heteroatoms. The summed E-state index contributed by atoms with van der Waals surface area (Å²) in [5.74, 6) is -0.189. The topological polar surface area (TPSA) is 71.5 Å². The van der Waals surface area contributed by atoms with Gasteiger partial charge in [0, 0.05) is 24.4 Å². The zero-order valence-electron chi connectivity index (χ0n) is 18.4. The third-order valence-electron chi connectivity index (χ3n) is 5.40. The van der Waals surface area contributed by atoms with Crippen molar-refractivity contribution in [2.24, 2.45) is 5.41 Å². The lowest BCUT2D eigenvalue weighted by atomic mass is 9.87. The van der Waals surface area contributed by atoms with Crippen molar-refractivity contribution in [3.63, 3.8) is 0 Å². The Kier molecular flexibility index (Phi) is 7.29. The Balaban J connectivity index is 1.76. The number of carboxylic acids is 1. The molecule has 0 saturated heterocycles. The number of ether oxygens (including phenoxy) is 1. The molecule has 1 heterocycles. The van der Waals surface area contributed by atoms with Crippen LogP contribution in [0.5, 0.6) is 5.88 Å². The van der Waals surface area contributed by atoms with E-state index in [2.05, 4.69) is 23.5 Å². The van der Waals surface area contributed by atoms with E-state index < -0.39 is 11.4 Å². The number of unbranched alkanes of at least 4 members (excludes halogenated alkanes) is 1. The third kappa shape index (κ3) is 6.07. The highest BCUT2D eigenvalue weighted by Crippen LogP contribution is 2.30. The number of aromatic nitrogens is 1. The summed E-state index contributed by atoms with van der Waals surface area (Å²) in [7, 11) is 1.90. The Morgan fingerprint density at radius 1 is 0.968 bits per heavy atom. The van der Waals surface area contributed by atoms with Crippen LogP contribution in [0, 0.1) is 5.41 Å². The Bertz CT molecular complexity index is 999. The highest BCUT2D eigenvalue weighted by Gasteiger charge is 2.26. The molecule has 5 nitrogen and oxygen atoms in total. The molecule has 1 aromatic heterocycles. The van der Waals surface area contributed by atoms with Gasteiger partial charge in [0.2, 0.25) is 5.88 Å². The van der Waals surface area contributed by atoms with Crippen molar-refractivity contribution in [2.75, 3.05) is 19.0 Å². The predicted octanol–water partition coefficient (Wildman–Crippen LogP) is 6.12. The predicted molar refractivity (Wildman–Crippen MR) is 125 cm³/mol. The molecule has 0 fully saturated rings. The molecule has 31 heavy (non-hydrogen) atoms. The highest BCUT2D eigenvalue weighted by atomic mass is 16.5. The molecule has 162 valence electrons. The summed E-state index contributed by atoms with van der Waals surface area (Å²) >= 11 is 0. The minimum absolute atomic E-state index is 0.499. The summed E-state index contributed by atoms with van der Waals surface area (Å²) in [5.41, 5.74) is 4.37. The zero-order valence-corrected chi connectivity index (χ0v) is 18.4. The SMILES string of the molecule is CNc1ccc(-c2cc(OCCCCC(C)(C)C(=O)O)nc(-c3ccccc3)c2)cc1. The van der Waals surface area contributed by atoms with Crippen LogP contribution in [0.25, 0.3) is 22.4 Å². The lowest BCUT2D eigenvalue weighted by molar-refractivity contribution is -0.147. The fraction of sp³-hybridized carbons (Fsp3) is 0.308. The van der Waals surface area contributed by atoms with Gasteiger partial charge in [-0.2, -0.15) is 0 Å². The number of pyridine rings is 1. The Labute approximate surface area is 184 Å². The number of carboxylic acid groups (broad SMARTS) is 1. The van der Waals surface area contributed by atoms with Gasteiger partial charge in [-0.25, -0.2) is 4.98 Å². The molecule has 0 aliphatic carbocycles. The van der Waals surface area contributed by atoms with E-state index in [0.29, 0.717) is 18.9 Å². The van der Waals surface area contributed by atoms with Crippen LogP contribution in [0.1, 0.15) is 33.1 Å². The van der Waals surface area contributed by atoms with Gasteiger partial charge in [-0.1, -0.05) is 42.5 Å². The number of benzene rings is 2. The van der Waals surface area contributed by atoms with Crippen molar-refractivity contribution < 1.29 is 14.6 Å². The number of carbonyl (C=O) groups is 1. The average molecular weight is 419 g/mol. The van der Waals surface area contributed by atoms with Gasteiger partial charge in [-0.05, 0) is 62.4 Å². The number of nitrogens with zero attached hydrogens (tertiary/aromatic N) is 1. The van der Waals surface area contributed by atoms with Crippen LogP contribution in [-0.4, -0.2) is 29.7 Å². The normalized spacial score (nSPS) is 11.2. The van der Waals surface area contributed by atoms with E-state index >= 15 is 0 Å². The maximum Gasteiger partial charge on any atom is 0.309 e. The molecule has 0 bridgehead atoms. The molecule has 2 aromatic carbocycles. The minimum Gasteiger partial charge on any atom is -0.481 e. The summed E-state index contributed by atoms with van der Waals surface area (Å²) in [5, 5.41) is 12.4. The van der Waals surface area contributed by atoms with Gasteiger partial charge in [0.15, 0.2) is 0 Å². The highest BCUT2D eigenvalue weighted by molar-refractivity contribution is 5.73. The van der Waals surface area contributed by atoms with Gasteiger partial charge >= 0.3 is 5.97 Å². The number of aliphatic carboxylic acids is 1. The molecule has 0 radical (unpaired) electrons. The van der Waals surface area contributed by atoms with Gasteiger partial charge in [-0.15, -0.1) is 0 Å². The van der Waals surface area contributed by atoms with Gasteiger partial charge in [0.05, 0.1) is 17.7 Å². The number of hydrogen-bond donors (Lipinski definition) is 2. The Hall–Kier alpha value is -3.34. The van der Waals surface area contributed by atoms with Crippen molar-refractivity contribution in [1.29, 1.82) is 0 Å². The summed E-state index contributed by atoms with van der Waals surface area (Å²) in [6.07, 6.45) is 2.18. The third-order valence-corrected chi connectivity index (χ3v) is 5.40. The second-order valence-electron chi connectivity index (χ2n) is 8.27. The molecule has 2 N–H and O–H groups in total. The van der Waals surface area contributed by atoms with Crippen LogP contribution < -0.4 is 10.1 Å². The summed E-state index contributed by atoms with van der Waals surface area (Å²) in [4.78, 5) is 16.0. The monoisotopic (exact) mass is 418 g/mol. The van der Waals surface area contributed by atoms with Crippen LogP contribution in [0.2, 0.25) is 0 Å². The summed E-state index contributed by atoms with van der Waals surface area (Å²) < 4.78 is 5.98. The second-order valence-corrected chi connectivity index (χ2v) is 8.27. The molecule has 3 aromatic rings. The number of nitrogens with one attached hydrogen (secondary N) is 1. The zero-order chi connectivity index (χ0) is 22.3. The van der Waals surface area contributed by atoms with Gasteiger partial charge in [-0.3, -0.25) is 4.79 Å². The number of rotatable bonds is 10. The first-order valence-corrected chi connectivity index (χ1v) is 10.6. The van der Waals surface area contributed by atoms with E-state index in [1.54, 1.807) is 13.8 Å². The van der Waals surface area contributed by atoms with Gasteiger partial charge < -0.3 is 15.2 Å². The van der Waals surface area contributed by atoms with Crippen molar-refractivity contribution in [3.05, 3.63) is 66.7 Å². The van der Waals surface area contributed by atoms with Gasteiger partial charge in [0.1, 0.15) is 0 Å². The maximum absolute atomic E-state index is 11.2. The second kappa shape index (κ2) is 10.1. The van der Waals surface area contributed by atoms with Crippen LogP contribution >= 0.6 is 0 Å². The molecular formula is C26H30N2O3. The Morgan fingerprint density at radius 3 is 2.32 bits per heavy atom.